The number of aromatic nitrogens is 1. The van der Waals surface area contributed by atoms with Gasteiger partial charge >= 0.3 is 6.09 Å². The molecule has 106 valence electrons. The van der Waals surface area contributed by atoms with Crippen LogP contribution in [0.25, 0.3) is 0 Å². The molecule has 1 amide bonds. The molecule has 6 nitrogen and oxygen atoms in total. The van der Waals surface area contributed by atoms with Gasteiger partial charge in [-0.3, -0.25) is 5.32 Å². The third kappa shape index (κ3) is 3.94. The van der Waals surface area contributed by atoms with Gasteiger partial charge in [-0.2, -0.15) is 5.26 Å². The van der Waals surface area contributed by atoms with Crippen LogP contribution in [0.1, 0.15) is 12.5 Å². The van der Waals surface area contributed by atoms with Crippen molar-refractivity contribution in [2.45, 2.75) is 6.92 Å². The van der Waals surface area contributed by atoms with E-state index in [1.807, 2.05) is 0 Å². The van der Waals surface area contributed by atoms with Gasteiger partial charge in [0.05, 0.1) is 12.2 Å². The van der Waals surface area contributed by atoms with Gasteiger partial charge < -0.3 is 10.1 Å². The van der Waals surface area contributed by atoms with Crippen LogP contribution in [-0.2, 0) is 4.74 Å². The normalized spacial score (nSPS) is 9.52. The van der Waals surface area contributed by atoms with Crippen molar-refractivity contribution < 1.29 is 9.53 Å². The molecule has 2 aromatic rings. The number of amides is 1. The fourth-order valence-electron chi connectivity index (χ4n) is 1.65. The standard InChI is InChI=1S/C15H14N4O2/c1-2-21-15(20)19-13-7-5-12(6-8-13)18-14-11(10-16)4-3-9-17-14/h3-9H,2H2,1H3,(H,17,18)(H,19,20). The van der Waals surface area contributed by atoms with Crippen molar-refractivity contribution in [3.8, 4) is 6.07 Å². The molecule has 0 fully saturated rings. The number of benzene rings is 1. The zero-order valence-corrected chi connectivity index (χ0v) is 11.5. The molecular formula is C15H14N4O2. The highest BCUT2D eigenvalue weighted by molar-refractivity contribution is 5.85. The molecule has 6 heteroatoms. The van der Waals surface area contributed by atoms with Crippen LogP contribution >= 0.6 is 0 Å². The maximum atomic E-state index is 11.3. The number of ether oxygens (including phenoxy) is 1. The second-order valence-electron chi connectivity index (χ2n) is 4.06. The summed E-state index contributed by atoms with van der Waals surface area (Å²) >= 11 is 0. The zero-order valence-electron chi connectivity index (χ0n) is 11.5. The number of anilines is 3. The molecule has 21 heavy (non-hydrogen) atoms. The van der Waals surface area contributed by atoms with Crippen molar-refractivity contribution in [2.75, 3.05) is 17.2 Å². The summed E-state index contributed by atoms with van der Waals surface area (Å²) in [7, 11) is 0. The molecule has 0 aliphatic rings. The average molecular weight is 282 g/mol. The Kier molecular flexibility index (Phi) is 4.72. The molecule has 0 aliphatic carbocycles. The molecule has 2 N–H and O–H groups in total. The Bertz CT molecular complexity index is 662. The minimum Gasteiger partial charge on any atom is -0.450 e. The molecule has 0 aliphatic heterocycles. The number of carbonyl (C=O) groups is 1. The van der Waals surface area contributed by atoms with Crippen LogP contribution in [0.15, 0.2) is 42.6 Å². The van der Waals surface area contributed by atoms with E-state index in [4.69, 9.17) is 10.00 Å². The van der Waals surface area contributed by atoms with E-state index in [0.29, 0.717) is 23.7 Å². The smallest absolute Gasteiger partial charge is 0.411 e. The third-order valence-corrected chi connectivity index (χ3v) is 2.60. The van der Waals surface area contributed by atoms with Gasteiger partial charge in [-0.1, -0.05) is 0 Å². The Labute approximate surface area is 122 Å². The number of nitriles is 1. The van der Waals surface area contributed by atoms with Crippen molar-refractivity contribution in [1.29, 1.82) is 5.26 Å². The van der Waals surface area contributed by atoms with Crippen molar-refractivity contribution in [1.82, 2.24) is 4.98 Å². The van der Waals surface area contributed by atoms with Crippen LogP contribution in [0, 0.1) is 11.3 Å². The van der Waals surface area contributed by atoms with E-state index in [0.717, 1.165) is 5.69 Å². The van der Waals surface area contributed by atoms with Gasteiger partial charge in [0.25, 0.3) is 0 Å². The largest absolute Gasteiger partial charge is 0.450 e. The van der Waals surface area contributed by atoms with Crippen molar-refractivity contribution in [3.63, 3.8) is 0 Å². The lowest BCUT2D eigenvalue weighted by atomic mass is 10.2. The molecule has 0 bridgehead atoms. The first-order valence-electron chi connectivity index (χ1n) is 6.39. The summed E-state index contributed by atoms with van der Waals surface area (Å²) in [5.41, 5.74) is 1.85. The number of hydrogen-bond acceptors (Lipinski definition) is 5. The molecule has 1 aromatic heterocycles. The molecule has 0 saturated heterocycles. The summed E-state index contributed by atoms with van der Waals surface area (Å²) in [6.45, 7) is 2.06. The van der Waals surface area contributed by atoms with Gasteiger partial charge in [-0.05, 0) is 43.3 Å². The first-order chi connectivity index (χ1) is 10.2. The van der Waals surface area contributed by atoms with Crippen molar-refractivity contribution >= 4 is 23.3 Å². The number of nitrogens with one attached hydrogen (secondary N) is 2. The fourth-order valence-corrected chi connectivity index (χ4v) is 1.65. The summed E-state index contributed by atoms with van der Waals surface area (Å²) in [4.78, 5) is 15.4. The molecular weight excluding hydrogens is 268 g/mol. The minimum absolute atomic E-state index is 0.322. The molecule has 0 radical (unpaired) electrons. The quantitative estimate of drug-likeness (QED) is 0.898. The molecule has 1 heterocycles. The van der Waals surface area contributed by atoms with Gasteiger partial charge in [0.15, 0.2) is 0 Å². The second kappa shape index (κ2) is 6.91. The van der Waals surface area contributed by atoms with E-state index < -0.39 is 6.09 Å². The number of pyridine rings is 1. The van der Waals surface area contributed by atoms with Crippen LogP contribution in [-0.4, -0.2) is 17.7 Å². The number of hydrogen-bond donors (Lipinski definition) is 2. The summed E-state index contributed by atoms with van der Waals surface area (Å²) in [6.07, 6.45) is 1.12. The highest BCUT2D eigenvalue weighted by Crippen LogP contribution is 2.19. The van der Waals surface area contributed by atoms with Gasteiger partial charge in [-0.15, -0.1) is 0 Å². The average Bonchev–Trinajstić information content (AvgIpc) is 2.50. The molecule has 0 unspecified atom stereocenters. The summed E-state index contributed by atoms with van der Waals surface area (Å²) < 4.78 is 4.79. The monoisotopic (exact) mass is 282 g/mol. The first-order valence-corrected chi connectivity index (χ1v) is 6.39. The Morgan fingerprint density at radius 1 is 1.29 bits per heavy atom. The van der Waals surface area contributed by atoms with Crippen LogP contribution < -0.4 is 10.6 Å². The Balaban J connectivity index is 2.06. The van der Waals surface area contributed by atoms with Crippen LogP contribution in [0.5, 0.6) is 0 Å². The molecule has 0 saturated carbocycles. The minimum atomic E-state index is -0.491. The van der Waals surface area contributed by atoms with Gasteiger partial charge in [0.2, 0.25) is 0 Å². The highest BCUT2D eigenvalue weighted by Gasteiger charge is 2.04. The Morgan fingerprint density at radius 3 is 2.67 bits per heavy atom. The lowest BCUT2D eigenvalue weighted by Crippen LogP contribution is -2.13. The van der Waals surface area contributed by atoms with Gasteiger partial charge in [0.1, 0.15) is 11.9 Å². The summed E-state index contributed by atoms with van der Waals surface area (Å²) in [5, 5.41) is 14.6. The first kappa shape index (κ1) is 14.3. The molecule has 0 atom stereocenters. The van der Waals surface area contributed by atoms with Crippen LogP contribution in [0.3, 0.4) is 0 Å². The van der Waals surface area contributed by atoms with Crippen molar-refractivity contribution in [2.24, 2.45) is 0 Å². The van der Waals surface area contributed by atoms with E-state index >= 15 is 0 Å². The molecule has 2 rings (SSSR count). The molecule has 1 aromatic carbocycles. The molecule has 0 spiro atoms. The summed E-state index contributed by atoms with van der Waals surface area (Å²) in [6, 6.07) is 12.5. The predicted octanol–water partition coefficient (Wildman–Crippen LogP) is 3.27. The fraction of sp³-hybridized carbons (Fsp3) is 0.133. The van der Waals surface area contributed by atoms with E-state index in [-0.39, 0.29) is 0 Å². The number of carbonyl (C=O) groups excluding carboxylic acids is 1. The highest BCUT2D eigenvalue weighted by atomic mass is 16.5. The Hall–Kier alpha value is -3.07. The third-order valence-electron chi connectivity index (χ3n) is 2.60. The zero-order chi connectivity index (χ0) is 15.1. The second-order valence-corrected chi connectivity index (χ2v) is 4.06. The lowest BCUT2D eigenvalue weighted by molar-refractivity contribution is 0.168. The Morgan fingerprint density at radius 2 is 2.00 bits per heavy atom. The topological polar surface area (TPSA) is 87.0 Å². The van der Waals surface area contributed by atoms with E-state index in [1.54, 1.807) is 49.5 Å². The van der Waals surface area contributed by atoms with Crippen molar-refractivity contribution in [3.05, 3.63) is 48.2 Å². The number of nitrogens with zero attached hydrogens (tertiary/aromatic N) is 2. The number of rotatable bonds is 4. The SMILES string of the molecule is CCOC(=O)Nc1ccc(Nc2ncccc2C#N)cc1. The van der Waals surface area contributed by atoms with E-state index in [9.17, 15) is 4.79 Å². The lowest BCUT2D eigenvalue weighted by Gasteiger charge is -2.08. The van der Waals surface area contributed by atoms with E-state index in [1.165, 1.54) is 0 Å². The maximum Gasteiger partial charge on any atom is 0.411 e. The summed E-state index contributed by atoms with van der Waals surface area (Å²) in [5.74, 6) is 0.492. The van der Waals surface area contributed by atoms with Crippen LogP contribution in [0.2, 0.25) is 0 Å². The van der Waals surface area contributed by atoms with E-state index in [2.05, 4.69) is 21.7 Å². The maximum absolute atomic E-state index is 11.3. The van der Waals surface area contributed by atoms with Gasteiger partial charge in [-0.25, -0.2) is 9.78 Å². The van der Waals surface area contributed by atoms with Gasteiger partial charge in [0, 0.05) is 17.6 Å². The predicted molar refractivity (Wildman–Crippen MR) is 79.3 cm³/mol. The van der Waals surface area contributed by atoms with Crippen LogP contribution in [0.4, 0.5) is 22.0 Å².